The van der Waals surface area contributed by atoms with Gasteiger partial charge in [-0.1, -0.05) is 23.2 Å². The number of halogens is 2. The average molecular weight is 433 g/mol. The zero-order valence-electron chi connectivity index (χ0n) is 14.6. The molecule has 1 aromatic heterocycles. The van der Waals surface area contributed by atoms with Gasteiger partial charge in [-0.15, -0.1) is 0 Å². The van der Waals surface area contributed by atoms with Gasteiger partial charge in [0, 0.05) is 38.9 Å². The number of carboxylic acids is 1. The van der Waals surface area contributed by atoms with Gasteiger partial charge >= 0.3 is 12.0 Å². The fraction of sp³-hybridized carbons (Fsp3) is 0. The lowest BCUT2D eigenvalue weighted by Crippen LogP contribution is -2.19. The van der Waals surface area contributed by atoms with Crippen LogP contribution in [0.5, 0.6) is 0 Å². The van der Waals surface area contributed by atoms with Crippen molar-refractivity contribution in [3.63, 3.8) is 0 Å². The van der Waals surface area contributed by atoms with E-state index in [4.69, 9.17) is 28.9 Å². The minimum Gasteiger partial charge on any atom is -0.477 e. The molecule has 2 aromatic carbocycles. The number of rotatable bonds is 5. The Balaban J connectivity index is 1.84. The minimum atomic E-state index is -1.20. The Kier molecular flexibility index (Phi) is 5.76. The molecule has 1 heterocycles. The van der Waals surface area contributed by atoms with Gasteiger partial charge in [-0.25, -0.2) is 9.59 Å². The molecule has 29 heavy (non-hydrogen) atoms. The van der Waals surface area contributed by atoms with E-state index in [0.29, 0.717) is 27.3 Å². The largest absolute Gasteiger partial charge is 0.477 e. The van der Waals surface area contributed by atoms with Crippen LogP contribution in [0.3, 0.4) is 0 Å². The highest BCUT2D eigenvalue weighted by molar-refractivity contribution is 6.39. The Morgan fingerprint density at radius 2 is 1.66 bits per heavy atom. The van der Waals surface area contributed by atoms with Gasteiger partial charge in [-0.3, -0.25) is 4.79 Å². The van der Waals surface area contributed by atoms with Gasteiger partial charge in [0.1, 0.15) is 5.69 Å². The number of amides is 3. The van der Waals surface area contributed by atoms with E-state index < -0.39 is 17.9 Å². The maximum atomic E-state index is 12.2. The molecule has 0 unspecified atom stereocenters. The van der Waals surface area contributed by atoms with Gasteiger partial charge in [0.2, 0.25) is 5.91 Å². The van der Waals surface area contributed by atoms with Crippen LogP contribution >= 0.6 is 23.2 Å². The molecule has 0 saturated carbocycles. The van der Waals surface area contributed by atoms with Crippen molar-refractivity contribution in [2.24, 2.45) is 5.73 Å². The minimum absolute atomic E-state index is 0.116. The number of anilines is 2. The lowest BCUT2D eigenvalue weighted by atomic mass is 10.1. The van der Waals surface area contributed by atoms with E-state index in [2.05, 4.69) is 15.6 Å². The summed E-state index contributed by atoms with van der Waals surface area (Å²) in [6, 6.07) is 8.62. The Bertz CT molecular complexity index is 1150. The van der Waals surface area contributed by atoms with Crippen molar-refractivity contribution < 1.29 is 19.5 Å². The maximum Gasteiger partial charge on any atom is 0.352 e. The number of H-pyrrole nitrogens is 1. The van der Waals surface area contributed by atoms with Gasteiger partial charge < -0.3 is 26.5 Å². The molecule has 0 atom stereocenters. The standard InChI is InChI=1S/C19H14Cl2N4O4/c20-9-7-13(21)16-12(17(18(27)28)25-14(16)8-9)5-6-15(26)23-10-1-3-11(4-2-10)24-19(22)29/h1-8,25H,(H,23,26)(H,27,28)(H3,22,24,29)/b6-5+. The SMILES string of the molecule is NC(=O)Nc1ccc(NC(=O)/C=C/c2c(C(=O)O)[nH]c3cc(Cl)cc(Cl)c23)cc1. The van der Waals surface area contributed by atoms with Gasteiger partial charge in [-0.05, 0) is 42.5 Å². The molecule has 148 valence electrons. The number of aromatic nitrogens is 1. The predicted octanol–water partition coefficient (Wildman–Crippen LogP) is 4.32. The molecule has 0 fully saturated rings. The highest BCUT2D eigenvalue weighted by atomic mass is 35.5. The predicted molar refractivity (Wildman–Crippen MR) is 113 cm³/mol. The third kappa shape index (κ3) is 4.68. The number of aromatic carboxylic acids is 1. The monoisotopic (exact) mass is 432 g/mol. The van der Waals surface area contributed by atoms with E-state index >= 15 is 0 Å². The van der Waals surface area contributed by atoms with Crippen LogP contribution in [0.15, 0.2) is 42.5 Å². The Hall–Kier alpha value is -3.49. The van der Waals surface area contributed by atoms with Crippen LogP contribution in [0.1, 0.15) is 16.1 Å². The number of fused-ring (bicyclic) bond motifs is 1. The molecule has 0 aliphatic rings. The molecular weight excluding hydrogens is 419 g/mol. The van der Waals surface area contributed by atoms with E-state index in [0.717, 1.165) is 0 Å². The fourth-order valence-corrected chi connectivity index (χ4v) is 3.33. The van der Waals surface area contributed by atoms with Crippen LogP contribution in [-0.4, -0.2) is 28.0 Å². The summed E-state index contributed by atoms with van der Waals surface area (Å²) < 4.78 is 0. The third-order valence-corrected chi connectivity index (χ3v) is 4.40. The Morgan fingerprint density at radius 3 is 2.24 bits per heavy atom. The van der Waals surface area contributed by atoms with Crippen molar-refractivity contribution in [1.29, 1.82) is 0 Å². The summed E-state index contributed by atoms with van der Waals surface area (Å²) in [5, 5.41) is 15.5. The number of hydrogen-bond acceptors (Lipinski definition) is 3. The second-order valence-electron chi connectivity index (χ2n) is 5.92. The number of aromatic amines is 1. The fourth-order valence-electron chi connectivity index (χ4n) is 2.73. The first-order chi connectivity index (χ1) is 13.7. The van der Waals surface area contributed by atoms with Gasteiger partial charge in [0.05, 0.1) is 5.02 Å². The Morgan fingerprint density at radius 1 is 1.03 bits per heavy atom. The molecule has 0 bridgehead atoms. The number of primary amides is 1. The number of hydrogen-bond donors (Lipinski definition) is 5. The summed E-state index contributed by atoms with van der Waals surface area (Å²) >= 11 is 12.2. The first-order valence-electron chi connectivity index (χ1n) is 8.14. The second-order valence-corrected chi connectivity index (χ2v) is 6.76. The van der Waals surface area contributed by atoms with Crippen molar-refractivity contribution in [3.8, 4) is 0 Å². The number of carboxylic acid groups (broad SMARTS) is 1. The molecule has 0 aliphatic heterocycles. The number of nitrogens with one attached hydrogen (secondary N) is 3. The Labute approximate surface area is 174 Å². The highest BCUT2D eigenvalue weighted by Gasteiger charge is 2.18. The van der Waals surface area contributed by atoms with E-state index in [9.17, 15) is 19.5 Å². The van der Waals surface area contributed by atoms with Crippen LogP contribution in [0, 0.1) is 0 Å². The number of nitrogens with two attached hydrogens (primary N) is 1. The van der Waals surface area contributed by atoms with Crippen molar-refractivity contribution in [1.82, 2.24) is 4.98 Å². The van der Waals surface area contributed by atoms with Crippen LogP contribution in [-0.2, 0) is 4.79 Å². The van der Waals surface area contributed by atoms with Crippen LogP contribution in [0.25, 0.3) is 17.0 Å². The lowest BCUT2D eigenvalue weighted by molar-refractivity contribution is -0.111. The van der Waals surface area contributed by atoms with Crippen LogP contribution in [0.4, 0.5) is 16.2 Å². The molecule has 0 radical (unpaired) electrons. The summed E-state index contributed by atoms with van der Waals surface area (Å²) in [5.74, 6) is -1.69. The van der Waals surface area contributed by atoms with Gasteiger partial charge in [-0.2, -0.15) is 0 Å². The molecule has 8 nitrogen and oxygen atoms in total. The number of carbonyl (C=O) groups excluding carboxylic acids is 2. The highest BCUT2D eigenvalue weighted by Crippen LogP contribution is 2.33. The quantitative estimate of drug-likeness (QED) is 0.383. The first kappa shape index (κ1) is 20.2. The zero-order chi connectivity index (χ0) is 21.1. The maximum absolute atomic E-state index is 12.2. The molecule has 0 spiro atoms. The molecular formula is C19H14Cl2N4O4. The second kappa shape index (κ2) is 8.26. The van der Waals surface area contributed by atoms with E-state index in [1.807, 2.05) is 0 Å². The number of urea groups is 1. The number of benzene rings is 2. The normalized spacial score (nSPS) is 11.0. The third-order valence-electron chi connectivity index (χ3n) is 3.89. The van der Waals surface area contributed by atoms with Gasteiger partial charge in [0.25, 0.3) is 0 Å². The van der Waals surface area contributed by atoms with Crippen molar-refractivity contribution in [2.45, 2.75) is 0 Å². The molecule has 3 aromatic rings. The van der Waals surface area contributed by atoms with Crippen molar-refractivity contribution in [2.75, 3.05) is 10.6 Å². The zero-order valence-corrected chi connectivity index (χ0v) is 16.1. The van der Waals surface area contributed by atoms with Crippen LogP contribution < -0.4 is 16.4 Å². The summed E-state index contributed by atoms with van der Waals surface area (Å²) in [6.07, 6.45) is 2.55. The van der Waals surface area contributed by atoms with Crippen LogP contribution in [0.2, 0.25) is 10.0 Å². The molecule has 0 saturated heterocycles. The molecule has 10 heteroatoms. The van der Waals surface area contributed by atoms with E-state index in [-0.39, 0.29) is 16.3 Å². The summed E-state index contributed by atoms with van der Waals surface area (Å²) in [7, 11) is 0. The topological polar surface area (TPSA) is 137 Å². The smallest absolute Gasteiger partial charge is 0.352 e. The molecule has 6 N–H and O–H groups in total. The average Bonchev–Trinajstić information content (AvgIpc) is 3.00. The van der Waals surface area contributed by atoms with E-state index in [1.165, 1.54) is 18.2 Å². The van der Waals surface area contributed by atoms with Crippen molar-refractivity contribution >= 4 is 69.5 Å². The lowest BCUT2D eigenvalue weighted by Gasteiger charge is -2.05. The molecule has 3 amide bonds. The molecule has 0 aliphatic carbocycles. The van der Waals surface area contributed by atoms with Crippen molar-refractivity contribution in [3.05, 3.63) is 63.8 Å². The summed E-state index contributed by atoms with van der Waals surface area (Å²) in [4.78, 5) is 37.3. The molecule has 3 rings (SSSR count). The van der Waals surface area contributed by atoms with Gasteiger partial charge in [0.15, 0.2) is 0 Å². The number of carbonyl (C=O) groups is 3. The first-order valence-corrected chi connectivity index (χ1v) is 8.90. The van der Waals surface area contributed by atoms with E-state index in [1.54, 1.807) is 30.3 Å². The summed E-state index contributed by atoms with van der Waals surface area (Å²) in [5.41, 5.74) is 6.56. The summed E-state index contributed by atoms with van der Waals surface area (Å²) in [6.45, 7) is 0.